The fourth-order valence-corrected chi connectivity index (χ4v) is 3.58. The number of benzene rings is 1. The number of hydrogen-bond donors (Lipinski definition) is 3. The number of aryl methyl sites for hydroxylation is 1. The normalized spacial score (nSPS) is 14.8. The van der Waals surface area contributed by atoms with Crippen molar-refractivity contribution >= 4 is 22.6 Å². The Morgan fingerprint density at radius 1 is 1.31 bits per heavy atom. The van der Waals surface area contributed by atoms with Crippen molar-refractivity contribution in [3.63, 3.8) is 0 Å². The van der Waals surface area contributed by atoms with Gasteiger partial charge in [0.2, 0.25) is 0 Å². The Balaban J connectivity index is 1.62. The van der Waals surface area contributed by atoms with Crippen molar-refractivity contribution in [1.29, 1.82) is 0 Å². The van der Waals surface area contributed by atoms with Gasteiger partial charge in [-0.3, -0.25) is 4.79 Å². The van der Waals surface area contributed by atoms with E-state index in [-0.39, 0.29) is 17.7 Å². The Morgan fingerprint density at radius 3 is 2.90 bits per heavy atom. The Morgan fingerprint density at radius 2 is 2.14 bits per heavy atom. The van der Waals surface area contributed by atoms with Gasteiger partial charge >= 0.3 is 0 Å². The molecule has 8 heteroatoms. The lowest BCUT2D eigenvalue weighted by molar-refractivity contribution is 0.0904. The van der Waals surface area contributed by atoms with Gasteiger partial charge < -0.3 is 20.5 Å². The van der Waals surface area contributed by atoms with Crippen LogP contribution in [0.15, 0.2) is 36.7 Å². The van der Waals surface area contributed by atoms with Gasteiger partial charge in [0.15, 0.2) is 5.65 Å². The third-order valence-corrected chi connectivity index (χ3v) is 5.14. The third kappa shape index (κ3) is 4.17. The van der Waals surface area contributed by atoms with Crippen molar-refractivity contribution in [2.45, 2.75) is 38.9 Å². The highest BCUT2D eigenvalue weighted by molar-refractivity contribution is 6.06. The Labute approximate surface area is 168 Å². The van der Waals surface area contributed by atoms with Gasteiger partial charge in [-0.1, -0.05) is 12.1 Å². The smallest absolute Gasteiger partial charge is 0.255 e. The monoisotopic (exact) mass is 395 g/mol. The minimum Gasteiger partial charge on any atom is -0.508 e. The molecule has 1 aliphatic rings. The van der Waals surface area contributed by atoms with Gasteiger partial charge in [-0.15, -0.1) is 0 Å². The van der Waals surface area contributed by atoms with Crippen LogP contribution >= 0.6 is 0 Å². The van der Waals surface area contributed by atoms with Gasteiger partial charge in [0.25, 0.3) is 5.91 Å². The number of fused-ring (bicyclic) bond motifs is 1. The molecule has 152 valence electrons. The first-order valence-corrected chi connectivity index (χ1v) is 9.90. The Bertz CT molecular complexity index is 1010. The number of phenolic OH excluding ortho intramolecular Hbond substituents is 1. The lowest BCUT2D eigenvalue weighted by Crippen LogP contribution is -2.30. The number of anilines is 1. The van der Waals surface area contributed by atoms with Gasteiger partial charge in [0, 0.05) is 38.5 Å². The molecule has 0 aliphatic carbocycles. The summed E-state index contributed by atoms with van der Waals surface area (Å²) in [4.78, 5) is 17.5. The molecule has 29 heavy (non-hydrogen) atoms. The number of ether oxygens (including phenoxy) is 1. The Hall–Kier alpha value is -3.13. The van der Waals surface area contributed by atoms with Crippen LogP contribution in [-0.4, -0.2) is 45.0 Å². The lowest BCUT2D eigenvalue weighted by atomic mass is 10.1. The van der Waals surface area contributed by atoms with E-state index in [9.17, 15) is 9.90 Å². The summed E-state index contributed by atoms with van der Waals surface area (Å²) in [7, 11) is 0. The summed E-state index contributed by atoms with van der Waals surface area (Å²) in [5.74, 6) is -0.0461. The van der Waals surface area contributed by atoms with E-state index in [2.05, 4.69) is 20.7 Å². The Kier molecular flexibility index (Phi) is 5.62. The first-order chi connectivity index (χ1) is 14.2. The number of aromatic nitrogens is 3. The van der Waals surface area contributed by atoms with E-state index in [0.717, 1.165) is 35.1 Å². The summed E-state index contributed by atoms with van der Waals surface area (Å²) in [6.07, 6.45) is 5.14. The lowest BCUT2D eigenvalue weighted by Gasteiger charge is -2.25. The van der Waals surface area contributed by atoms with Gasteiger partial charge in [-0.05, 0) is 37.5 Å². The van der Waals surface area contributed by atoms with Crippen molar-refractivity contribution in [2.75, 3.05) is 18.5 Å². The predicted molar refractivity (Wildman–Crippen MR) is 110 cm³/mol. The molecule has 1 amide bonds. The number of nitrogens with one attached hydrogen (secondary N) is 2. The molecule has 0 unspecified atom stereocenters. The van der Waals surface area contributed by atoms with Crippen LogP contribution in [0.3, 0.4) is 0 Å². The third-order valence-electron chi connectivity index (χ3n) is 5.14. The minimum atomic E-state index is -0.221. The zero-order valence-electron chi connectivity index (χ0n) is 16.4. The standard InChI is InChI=1S/C21H25N5O3/c1-2-26-20-17(13-24-26)19(25-15-6-8-29-9-7-15)18(12-22-20)21(28)23-11-14-4-3-5-16(27)10-14/h3-5,10,12-13,15,27H,2,6-9,11H2,1H3,(H,22,25)(H,23,28). The van der Waals surface area contributed by atoms with E-state index in [1.165, 1.54) is 0 Å². The second-order valence-electron chi connectivity index (χ2n) is 7.13. The number of nitrogens with zero attached hydrogens (tertiary/aromatic N) is 3. The first kappa shape index (κ1) is 19.2. The van der Waals surface area contributed by atoms with Gasteiger partial charge in [-0.2, -0.15) is 5.10 Å². The number of phenols is 1. The highest BCUT2D eigenvalue weighted by Crippen LogP contribution is 2.28. The molecular formula is C21H25N5O3. The van der Waals surface area contributed by atoms with Gasteiger partial charge in [0.05, 0.1) is 22.8 Å². The number of rotatable bonds is 6. The van der Waals surface area contributed by atoms with E-state index >= 15 is 0 Å². The van der Waals surface area contributed by atoms with E-state index in [1.54, 1.807) is 30.6 Å². The second kappa shape index (κ2) is 8.48. The summed E-state index contributed by atoms with van der Waals surface area (Å²) in [6, 6.07) is 7.07. The van der Waals surface area contributed by atoms with Crippen LogP contribution in [-0.2, 0) is 17.8 Å². The highest BCUT2D eigenvalue weighted by atomic mass is 16.5. The van der Waals surface area contributed by atoms with Crippen LogP contribution in [0, 0.1) is 0 Å². The van der Waals surface area contributed by atoms with Crippen LogP contribution in [0.4, 0.5) is 5.69 Å². The maximum Gasteiger partial charge on any atom is 0.255 e. The molecule has 3 N–H and O–H groups in total. The zero-order valence-corrected chi connectivity index (χ0v) is 16.4. The van der Waals surface area contributed by atoms with Gasteiger partial charge in [0.1, 0.15) is 5.75 Å². The molecular weight excluding hydrogens is 370 g/mol. The predicted octanol–water partition coefficient (Wildman–Crippen LogP) is 2.68. The summed E-state index contributed by atoms with van der Waals surface area (Å²) in [6.45, 7) is 4.44. The van der Waals surface area contributed by atoms with Crippen molar-refractivity contribution in [3.05, 3.63) is 47.8 Å². The highest BCUT2D eigenvalue weighted by Gasteiger charge is 2.22. The molecule has 1 saturated heterocycles. The number of pyridine rings is 1. The van der Waals surface area contributed by atoms with E-state index in [0.29, 0.717) is 31.9 Å². The van der Waals surface area contributed by atoms with Crippen molar-refractivity contribution in [2.24, 2.45) is 0 Å². The van der Waals surface area contributed by atoms with Crippen molar-refractivity contribution < 1.29 is 14.6 Å². The number of amides is 1. The topological polar surface area (TPSA) is 101 Å². The molecule has 0 spiro atoms. The number of hydrogen-bond acceptors (Lipinski definition) is 6. The maximum atomic E-state index is 13.0. The minimum absolute atomic E-state index is 0.175. The molecule has 8 nitrogen and oxygen atoms in total. The van der Waals surface area contributed by atoms with E-state index < -0.39 is 0 Å². The number of aromatic hydroxyl groups is 1. The zero-order chi connectivity index (χ0) is 20.2. The number of carbonyl (C=O) groups excluding carboxylic acids is 1. The van der Waals surface area contributed by atoms with E-state index in [1.807, 2.05) is 17.7 Å². The fourth-order valence-electron chi connectivity index (χ4n) is 3.58. The van der Waals surface area contributed by atoms with Crippen LogP contribution in [0.5, 0.6) is 5.75 Å². The maximum absolute atomic E-state index is 13.0. The molecule has 1 fully saturated rings. The summed E-state index contributed by atoms with van der Waals surface area (Å²) in [5.41, 5.74) is 2.83. The van der Waals surface area contributed by atoms with Crippen LogP contribution in [0.25, 0.3) is 11.0 Å². The van der Waals surface area contributed by atoms with Crippen LogP contribution in [0.2, 0.25) is 0 Å². The molecule has 0 bridgehead atoms. The SMILES string of the molecule is CCn1ncc2c(NC3CCOCC3)c(C(=O)NCc3cccc(O)c3)cnc21. The second-order valence-corrected chi connectivity index (χ2v) is 7.13. The molecule has 0 saturated carbocycles. The summed E-state index contributed by atoms with van der Waals surface area (Å²) >= 11 is 0. The molecule has 4 rings (SSSR count). The van der Waals surface area contributed by atoms with Crippen LogP contribution in [0.1, 0.15) is 35.7 Å². The molecule has 3 aromatic rings. The van der Waals surface area contributed by atoms with Crippen molar-refractivity contribution in [3.8, 4) is 5.75 Å². The summed E-state index contributed by atoms with van der Waals surface area (Å²) < 4.78 is 7.27. The average molecular weight is 395 g/mol. The van der Waals surface area contributed by atoms with E-state index in [4.69, 9.17) is 4.74 Å². The van der Waals surface area contributed by atoms with Gasteiger partial charge in [-0.25, -0.2) is 9.67 Å². The number of carbonyl (C=O) groups is 1. The average Bonchev–Trinajstić information content (AvgIpc) is 3.17. The van der Waals surface area contributed by atoms with Crippen molar-refractivity contribution in [1.82, 2.24) is 20.1 Å². The molecule has 2 aromatic heterocycles. The molecule has 0 atom stereocenters. The largest absolute Gasteiger partial charge is 0.508 e. The fraction of sp³-hybridized carbons (Fsp3) is 0.381. The summed E-state index contributed by atoms with van der Waals surface area (Å²) in [5, 5.41) is 21.3. The molecule has 1 aromatic carbocycles. The first-order valence-electron chi connectivity index (χ1n) is 9.90. The van der Waals surface area contributed by atoms with Crippen LogP contribution < -0.4 is 10.6 Å². The molecule has 0 radical (unpaired) electrons. The molecule has 1 aliphatic heterocycles. The quantitative estimate of drug-likeness (QED) is 0.593. The molecule has 3 heterocycles.